The van der Waals surface area contributed by atoms with Crippen molar-refractivity contribution in [2.75, 3.05) is 13.2 Å². The van der Waals surface area contributed by atoms with Crippen LogP contribution in [0.15, 0.2) is 24.3 Å². The first-order valence-electron chi connectivity index (χ1n) is 19.7. The number of carbonyl (C=O) groups is 1. The van der Waals surface area contributed by atoms with Crippen molar-refractivity contribution in [3.05, 3.63) is 24.3 Å². The number of aliphatic hydroxyl groups excluding tert-OH is 6. The molecule has 1 aliphatic rings. The van der Waals surface area contributed by atoms with Crippen LogP contribution in [0.5, 0.6) is 0 Å². The fourth-order valence-electron chi connectivity index (χ4n) is 6.06. The largest absolute Gasteiger partial charge is 0.394 e. The highest BCUT2D eigenvalue weighted by atomic mass is 16.7. The summed E-state index contributed by atoms with van der Waals surface area (Å²) in [5, 5.41) is 64.2. The topological polar surface area (TPSA) is 169 Å². The molecule has 1 saturated heterocycles. The van der Waals surface area contributed by atoms with Crippen LogP contribution in [0.2, 0.25) is 0 Å². The molecule has 1 rings (SSSR count). The van der Waals surface area contributed by atoms with E-state index in [0.29, 0.717) is 19.3 Å². The Morgan fingerprint density at radius 3 is 1.78 bits per heavy atom. The smallest absolute Gasteiger partial charge is 0.249 e. The summed E-state index contributed by atoms with van der Waals surface area (Å²) in [6.45, 7) is 3.53. The van der Waals surface area contributed by atoms with Crippen LogP contribution >= 0.6 is 0 Å². The van der Waals surface area contributed by atoms with E-state index in [1.165, 1.54) is 89.9 Å². The van der Waals surface area contributed by atoms with Gasteiger partial charge in [-0.1, -0.05) is 147 Å². The zero-order valence-electron chi connectivity index (χ0n) is 30.8. The van der Waals surface area contributed by atoms with Gasteiger partial charge in [-0.3, -0.25) is 4.79 Å². The molecule has 1 fully saturated rings. The molecule has 8 unspecified atom stereocenters. The lowest BCUT2D eigenvalue weighted by Gasteiger charge is -2.40. The Morgan fingerprint density at radius 1 is 0.694 bits per heavy atom. The number of hydrogen-bond acceptors (Lipinski definition) is 9. The first-order valence-corrected chi connectivity index (χ1v) is 19.7. The van der Waals surface area contributed by atoms with Gasteiger partial charge in [0, 0.05) is 0 Å². The van der Waals surface area contributed by atoms with Gasteiger partial charge in [0.2, 0.25) is 5.91 Å². The predicted octanol–water partition coefficient (Wildman–Crippen LogP) is 5.74. The molecule has 8 atom stereocenters. The van der Waals surface area contributed by atoms with Gasteiger partial charge in [0.1, 0.15) is 30.5 Å². The van der Waals surface area contributed by atoms with Crippen LogP contribution in [0, 0.1) is 0 Å². The second kappa shape index (κ2) is 30.3. The molecule has 0 radical (unpaired) electrons. The van der Waals surface area contributed by atoms with Gasteiger partial charge in [0.05, 0.1) is 25.4 Å². The van der Waals surface area contributed by atoms with Crippen molar-refractivity contribution >= 4 is 5.91 Å². The van der Waals surface area contributed by atoms with Gasteiger partial charge in [0.15, 0.2) is 6.29 Å². The summed E-state index contributed by atoms with van der Waals surface area (Å²) >= 11 is 0. The van der Waals surface area contributed by atoms with E-state index in [1.54, 1.807) is 6.08 Å². The summed E-state index contributed by atoms with van der Waals surface area (Å²) in [7, 11) is 0. The maximum atomic E-state index is 12.9. The lowest BCUT2D eigenvalue weighted by Crippen LogP contribution is -2.60. The molecule has 10 nitrogen and oxygen atoms in total. The van der Waals surface area contributed by atoms with Crippen LogP contribution in [0.25, 0.3) is 0 Å². The van der Waals surface area contributed by atoms with E-state index in [-0.39, 0.29) is 6.61 Å². The van der Waals surface area contributed by atoms with Crippen LogP contribution < -0.4 is 5.32 Å². The van der Waals surface area contributed by atoms with Crippen LogP contribution in [0.4, 0.5) is 0 Å². The lowest BCUT2D eigenvalue weighted by molar-refractivity contribution is -0.302. The fraction of sp³-hybridized carbons (Fsp3) is 0.872. The molecule has 0 spiro atoms. The first kappa shape index (κ1) is 45.7. The van der Waals surface area contributed by atoms with Crippen molar-refractivity contribution in [2.24, 2.45) is 0 Å². The van der Waals surface area contributed by atoms with Gasteiger partial charge in [-0.15, -0.1) is 0 Å². The molecular formula is C39H73NO9. The maximum Gasteiger partial charge on any atom is 0.249 e. The highest BCUT2D eigenvalue weighted by Gasteiger charge is 2.44. The molecule has 0 bridgehead atoms. The van der Waals surface area contributed by atoms with Gasteiger partial charge >= 0.3 is 0 Å². The van der Waals surface area contributed by atoms with E-state index in [4.69, 9.17) is 9.47 Å². The highest BCUT2D eigenvalue weighted by Crippen LogP contribution is 2.22. The Morgan fingerprint density at radius 2 is 1.20 bits per heavy atom. The van der Waals surface area contributed by atoms with Crippen molar-refractivity contribution < 1.29 is 44.9 Å². The molecule has 49 heavy (non-hydrogen) atoms. The van der Waals surface area contributed by atoms with Crippen LogP contribution in [0.1, 0.15) is 155 Å². The van der Waals surface area contributed by atoms with Gasteiger partial charge in [-0.05, 0) is 32.1 Å². The molecule has 1 aliphatic heterocycles. The number of allylic oxidation sites excluding steroid dienone is 3. The van der Waals surface area contributed by atoms with Crippen molar-refractivity contribution in [3.8, 4) is 0 Å². The van der Waals surface area contributed by atoms with E-state index >= 15 is 0 Å². The average Bonchev–Trinajstić information content (AvgIpc) is 3.10. The van der Waals surface area contributed by atoms with Crippen molar-refractivity contribution in [3.63, 3.8) is 0 Å². The highest BCUT2D eigenvalue weighted by molar-refractivity contribution is 5.80. The number of carbonyl (C=O) groups excluding carboxylic acids is 1. The standard InChI is InChI=1S/C39H73NO9/c1-3-5-7-9-11-13-14-15-16-17-18-20-21-23-25-27-32(42)31(30-48-39-37(46)36(45)35(44)34(29-41)49-39)40-38(47)33(43)28-26-24-22-19-12-10-8-6-4-2/h18,20,25,27,31-37,39,41-46H,3-17,19,21-24,26,28-30H2,1-2H3,(H,40,47)/b20-18+,27-25+. The lowest BCUT2D eigenvalue weighted by atomic mass is 9.99. The average molecular weight is 700 g/mol. The predicted molar refractivity (Wildman–Crippen MR) is 195 cm³/mol. The van der Waals surface area contributed by atoms with E-state index in [2.05, 4.69) is 31.3 Å². The minimum Gasteiger partial charge on any atom is -0.394 e. The van der Waals surface area contributed by atoms with Crippen molar-refractivity contribution in [2.45, 2.75) is 204 Å². The van der Waals surface area contributed by atoms with Crippen molar-refractivity contribution in [1.82, 2.24) is 5.32 Å². The molecule has 1 heterocycles. The molecule has 0 aromatic heterocycles. The zero-order chi connectivity index (χ0) is 36.1. The normalized spacial score (nSPS) is 23.3. The third-order valence-corrected chi connectivity index (χ3v) is 9.39. The monoisotopic (exact) mass is 700 g/mol. The number of nitrogens with one attached hydrogen (secondary N) is 1. The molecular weight excluding hydrogens is 626 g/mol. The Labute approximate surface area is 297 Å². The summed E-state index contributed by atoms with van der Waals surface area (Å²) in [5.41, 5.74) is 0. The summed E-state index contributed by atoms with van der Waals surface area (Å²) < 4.78 is 11.1. The number of rotatable bonds is 31. The molecule has 1 amide bonds. The first-order chi connectivity index (χ1) is 23.8. The third-order valence-electron chi connectivity index (χ3n) is 9.39. The molecule has 7 N–H and O–H groups in total. The Hall–Kier alpha value is -1.37. The summed E-state index contributed by atoms with van der Waals surface area (Å²) in [5.74, 6) is -0.631. The van der Waals surface area contributed by atoms with E-state index in [9.17, 15) is 35.4 Å². The molecule has 288 valence electrons. The van der Waals surface area contributed by atoms with E-state index < -0.39 is 61.5 Å². The SMILES string of the molecule is CCCCCCCCCCC/C=C/CC/C=C/C(O)C(COC1OC(CO)C(O)C(O)C1O)NC(=O)C(O)CCCCCCCCCCC. The van der Waals surface area contributed by atoms with E-state index in [1.807, 2.05) is 6.08 Å². The number of amides is 1. The summed E-state index contributed by atoms with van der Waals surface area (Å²) in [6.07, 6.45) is 22.8. The molecule has 10 heteroatoms. The van der Waals surface area contributed by atoms with Crippen LogP contribution in [-0.2, 0) is 14.3 Å². The molecule has 0 aromatic rings. The fourth-order valence-corrected chi connectivity index (χ4v) is 6.06. The Kier molecular flexibility index (Phi) is 28.2. The van der Waals surface area contributed by atoms with Gasteiger partial charge in [0.25, 0.3) is 0 Å². The minimum atomic E-state index is -1.61. The maximum absolute atomic E-state index is 12.9. The molecule has 0 aliphatic carbocycles. The van der Waals surface area contributed by atoms with Gasteiger partial charge < -0.3 is 45.4 Å². The number of unbranched alkanes of at least 4 members (excludes halogenated alkanes) is 18. The van der Waals surface area contributed by atoms with Crippen LogP contribution in [-0.4, -0.2) is 98.7 Å². The Balaban J connectivity index is 2.55. The van der Waals surface area contributed by atoms with E-state index in [0.717, 1.165) is 32.1 Å². The Bertz CT molecular complexity index is 839. The van der Waals surface area contributed by atoms with Gasteiger partial charge in [-0.2, -0.15) is 0 Å². The number of ether oxygens (including phenoxy) is 2. The molecule has 0 saturated carbocycles. The van der Waals surface area contributed by atoms with Crippen molar-refractivity contribution in [1.29, 1.82) is 0 Å². The third kappa shape index (κ3) is 21.6. The van der Waals surface area contributed by atoms with Crippen LogP contribution in [0.3, 0.4) is 0 Å². The summed E-state index contributed by atoms with van der Waals surface area (Å²) in [4.78, 5) is 12.9. The number of hydrogen-bond donors (Lipinski definition) is 7. The summed E-state index contributed by atoms with van der Waals surface area (Å²) in [6, 6.07) is -0.990. The number of aliphatic hydroxyl groups is 6. The zero-order valence-corrected chi connectivity index (χ0v) is 30.8. The second-order valence-corrected chi connectivity index (χ2v) is 13.9. The second-order valence-electron chi connectivity index (χ2n) is 13.9. The minimum absolute atomic E-state index is 0.305. The van der Waals surface area contributed by atoms with Gasteiger partial charge in [-0.25, -0.2) is 0 Å². The molecule has 0 aromatic carbocycles. The quantitative estimate of drug-likeness (QED) is 0.0352.